The second-order valence-corrected chi connectivity index (χ2v) is 5.84. The minimum absolute atomic E-state index is 0.100. The second-order valence-electron chi connectivity index (χ2n) is 5.84. The van der Waals surface area contributed by atoms with Crippen molar-refractivity contribution in [1.29, 1.82) is 0 Å². The van der Waals surface area contributed by atoms with Gasteiger partial charge in [-0.3, -0.25) is 4.79 Å². The summed E-state index contributed by atoms with van der Waals surface area (Å²) in [5.74, 6) is 0.796. The van der Waals surface area contributed by atoms with Crippen molar-refractivity contribution in [2.45, 2.75) is 45.1 Å². The Balaban J connectivity index is 1.55. The average Bonchev–Trinajstić information content (AvgIpc) is 2.91. The third-order valence-corrected chi connectivity index (χ3v) is 4.18. The predicted octanol–water partition coefficient (Wildman–Crippen LogP) is 2.63. The highest BCUT2D eigenvalue weighted by Gasteiger charge is 2.17. The van der Waals surface area contributed by atoms with Crippen LogP contribution in [0.2, 0.25) is 0 Å². The number of nitrogens with one attached hydrogen (secondary N) is 1. The zero-order valence-corrected chi connectivity index (χ0v) is 12.1. The van der Waals surface area contributed by atoms with E-state index in [0.717, 1.165) is 5.69 Å². The number of amides is 1. The first-order valence-electron chi connectivity index (χ1n) is 7.64. The summed E-state index contributed by atoms with van der Waals surface area (Å²) in [6.45, 7) is 0.409. The fraction of sp³-hybridized carbons (Fsp3) is 0.500. The zero-order valence-electron chi connectivity index (χ0n) is 12.1. The molecule has 0 aliphatic heterocycles. The largest absolute Gasteiger partial charge is 0.504 e. The van der Waals surface area contributed by atoms with Crippen LogP contribution in [-0.2, 0) is 11.3 Å². The average molecular weight is 287 g/mol. The van der Waals surface area contributed by atoms with Crippen molar-refractivity contribution < 1.29 is 9.90 Å². The topological polar surface area (TPSA) is 66.6 Å². The summed E-state index contributed by atoms with van der Waals surface area (Å²) >= 11 is 0. The summed E-state index contributed by atoms with van der Waals surface area (Å²) in [5.41, 5.74) is 1.28. The van der Waals surface area contributed by atoms with Crippen LogP contribution in [0.4, 0.5) is 0 Å². The number of carbonyl (C=O) groups excluding carboxylic acids is 1. The fourth-order valence-electron chi connectivity index (χ4n) is 3.05. The van der Waals surface area contributed by atoms with Crippen LogP contribution in [0.15, 0.2) is 24.5 Å². The van der Waals surface area contributed by atoms with Gasteiger partial charge in [0.25, 0.3) is 0 Å². The molecule has 0 aromatic carbocycles. The van der Waals surface area contributed by atoms with E-state index in [-0.39, 0.29) is 11.7 Å². The number of fused-ring (bicyclic) bond motifs is 1. The highest BCUT2D eigenvalue weighted by atomic mass is 16.3. The van der Waals surface area contributed by atoms with Gasteiger partial charge in [-0.2, -0.15) is 0 Å². The molecule has 0 unspecified atom stereocenters. The van der Waals surface area contributed by atoms with Gasteiger partial charge in [0.15, 0.2) is 11.4 Å². The first-order chi connectivity index (χ1) is 10.2. The normalized spacial score (nSPS) is 16.2. The Morgan fingerprint density at radius 2 is 2.19 bits per heavy atom. The minimum Gasteiger partial charge on any atom is -0.504 e. The Kier molecular flexibility index (Phi) is 4.08. The van der Waals surface area contributed by atoms with Crippen LogP contribution in [-0.4, -0.2) is 20.4 Å². The second kappa shape index (κ2) is 6.16. The van der Waals surface area contributed by atoms with Crippen molar-refractivity contribution in [3.63, 3.8) is 0 Å². The summed E-state index contributed by atoms with van der Waals surface area (Å²) in [5, 5.41) is 12.6. The van der Waals surface area contributed by atoms with Gasteiger partial charge in [-0.05, 0) is 30.9 Å². The molecule has 5 heteroatoms. The Bertz CT molecular complexity index is 629. The molecule has 5 nitrogen and oxygen atoms in total. The molecule has 2 N–H and O–H groups in total. The molecule has 0 atom stereocenters. The maximum atomic E-state index is 12.0. The van der Waals surface area contributed by atoms with Gasteiger partial charge in [0.1, 0.15) is 0 Å². The Morgan fingerprint density at radius 3 is 2.95 bits per heavy atom. The Labute approximate surface area is 124 Å². The van der Waals surface area contributed by atoms with Crippen LogP contribution >= 0.6 is 0 Å². The molecule has 2 aromatic heterocycles. The van der Waals surface area contributed by atoms with E-state index >= 15 is 0 Å². The van der Waals surface area contributed by atoms with Crippen molar-refractivity contribution in [1.82, 2.24) is 14.7 Å². The lowest BCUT2D eigenvalue weighted by Gasteiger charge is -2.20. The Morgan fingerprint density at radius 1 is 1.38 bits per heavy atom. The van der Waals surface area contributed by atoms with E-state index in [0.29, 0.717) is 24.5 Å². The summed E-state index contributed by atoms with van der Waals surface area (Å²) in [7, 11) is 0. The lowest BCUT2D eigenvalue weighted by Crippen LogP contribution is -2.26. The highest BCUT2D eigenvalue weighted by molar-refractivity contribution is 5.76. The molecule has 2 heterocycles. The maximum absolute atomic E-state index is 12.0. The molecule has 112 valence electrons. The number of hydrogen-bond donors (Lipinski definition) is 2. The number of aromatic nitrogens is 2. The predicted molar refractivity (Wildman–Crippen MR) is 79.9 cm³/mol. The summed E-state index contributed by atoms with van der Waals surface area (Å²) in [6, 6.07) is 3.36. The molecule has 1 saturated carbocycles. The zero-order chi connectivity index (χ0) is 14.7. The van der Waals surface area contributed by atoms with Gasteiger partial charge >= 0.3 is 0 Å². The monoisotopic (exact) mass is 287 g/mol. The number of pyridine rings is 1. The third kappa shape index (κ3) is 3.35. The molecule has 2 aromatic rings. The van der Waals surface area contributed by atoms with Gasteiger partial charge in [-0.25, -0.2) is 4.98 Å². The highest BCUT2D eigenvalue weighted by Crippen LogP contribution is 2.26. The van der Waals surface area contributed by atoms with Crippen LogP contribution in [0.1, 0.15) is 44.2 Å². The quantitative estimate of drug-likeness (QED) is 0.908. The van der Waals surface area contributed by atoms with E-state index in [9.17, 15) is 9.90 Å². The molecule has 1 amide bonds. The molecule has 0 spiro atoms. The third-order valence-electron chi connectivity index (χ3n) is 4.18. The van der Waals surface area contributed by atoms with Gasteiger partial charge < -0.3 is 14.8 Å². The van der Waals surface area contributed by atoms with Gasteiger partial charge in [0.05, 0.1) is 12.2 Å². The number of nitrogens with zero attached hydrogens (tertiary/aromatic N) is 2. The lowest BCUT2D eigenvalue weighted by molar-refractivity contribution is -0.122. The van der Waals surface area contributed by atoms with Crippen LogP contribution in [0.25, 0.3) is 5.65 Å². The molecular formula is C16H21N3O2. The summed E-state index contributed by atoms with van der Waals surface area (Å²) < 4.78 is 1.76. The first kappa shape index (κ1) is 13.9. The number of aromatic hydroxyl groups is 1. The van der Waals surface area contributed by atoms with Gasteiger partial charge in [-0.1, -0.05) is 19.3 Å². The first-order valence-corrected chi connectivity index (χ1v) is 7.64. The fourth-order valence-corrected chi connectivity index (χ4v) is 3.05. The summed E-state index contributed by atoms with van der Waals surface area (Å²) in [6.07, 6.45) is 10.4. The molecule has 21 heavy (non-hydrogen) atoms. The van der Waals surface area contributed by atoms with E-state index in [4.69, 9.17) is 0 Å². The molecule has 1 aliphatic carbocycles. The lowest BCUT2D eigenvalue weighted by atomic mass is 9.87. The molecule has 1 aliphatic rings. The number of carbonyl (C=O) groups is 1. The number of imidazole rings is 1. The van der Waals surface area contributed by atoms with Crippen LogP contribution in [0, 0.1) is 5.92 Å². The minimum atomic E-state index is 0.100. The van der Waals surface area contributed by atoms with E-state index < -0.39 is 0 Å². The van der Waals surface area contributed by atoms with Crippen molar-refractivity contribution in [2.75, 3.05) is 0 Å². The van der Waals surface area contributed by atoms with Crippen molar-refractivity contribution in [2.24, 2.45) is 5.92 Å². The van der Waals surface area contributed by atoms with Crippen molar-refractivity contribution >= 4 is 11.6 Å². The van der Waals surface area contributed by atoms with Crippen LogP contribution in [0.3, 0.4) is 0 Å². The Hall–Kier alpha value is -2.04. The molecule has 0 saturated heterocycles. The SMILES string of the molecule is O=C(CC1CCCCC1)NCc1cn2cccc(O)c2n1. The molecule has 1 fully saturated rings. The molecule has 0 bridgehead atoms. The van der Waals surface area contributed by atoms with Gasteiger partial charge in [-0.15, -0.1) is 0 Å². The number of hydrogen-bond acceptors (Lipinski definition) is 3. The smallest absolute Gasteiger partial charge is 0.220 e. The van der Waals surface area contributed by atoms with E-state index in [2.05, 4.69) is 10.3 Å². The van der Waals surface area contributed by atoms with Crippen molar-refractivity contribution in [3.8, 4) is 5.75 Å². The van der Waals surface area contributed by atoms with Crippen LogP contribution in [0.5, 0.6) is 5.75 Å². The van der Waals surface area contributed by atoms with E-state index in [1.54, 1.807) is 16.5 Å². The van der Waals surface area contributed by atoms with Gasteiger partial charge in [0.2, 0.25) is 5.91 Å². The van der Waals surface area contributed by atoms with Crippen LogP contribution < -0.4 is 5.32 Å². The van der Waals surface area contributed by atoms with Crippen molar-refractivity contribution in [3.05, 3.63) is 30.2 Å². The standard InChI is InChI=1S/C16H21N3O2/c20-14-7-4-8-19-11-13(18-16(14)19)10-17-15(21)9-12-5-2-1-3-6-12/h4,7-8,11-12,20H,1-3,5-6,9-10H2,(H,17,21). The molecular weight excluding hydrogens is 266 g/mol. The number of rotatable bonds is 4. The van der Waals surface area contributed by atoms with E-state index in [1.165, 1.54) is 32.1 Å². The van der Waals surface area contributed by atoms with Gasteiger partial charge in [0, 0.05) is 18.8 Å². The molecule has 3 rings (SSSR count). The van der Waals surface area contributed by atoms with E-state index in [1.807, 2.05) is 12.4 Å². The summed E-state index contributed by atoms with van der Waals surface area (Å²) in [4.78, 5) is 16.3. The molecule has 0 radical (unpaired) electrons. The maximum Gasteiger partial charge on any atom is 0.220 e.